The van der Waals surface area contributed by atoms with Crippen LogP contribution in [0.1, 0.15) is 35.6 Å². The molecule has 0 spiro atoms. The first-order chi connectivity index (χ1) is 12.2. The van der Waals surface area contributed by atoms with E-state index < -0.39 is 0 Å². The number of fused-ring (bicyclic) bond motifs is 1. The van der Waals surface area contributed by atoms with Gasteiger partial charge in [0.1, 0.15) is 0 Å². The molecule has 1 aliphatic heterocycles. The molecule has 1 saturated carbocycles. The maximum Gasteiger partial charge on any atom is 0.244 e. The lowest BCUT2D eigenvalue weighted by Crippen LogP contribution is -2.28. The summed E-state index contributed by atoms with van der Waals surface area (Å²) < 4.78 is 10.7. The molecule has 1 fully saturated rings. The van der Waals surface area contributed by atoms with Crippen LogP contribution in [0.4, 0.5) is 0 Å². The van der Waals surface area contributed by atoms with Crippen LogP contribution in [0.3, 0.4) is 0 Å². The highest BCUT2D eigenvalue weighted by atomic mass is 16.7. The number of hydrogen-bond acceptors (Lipinski definition) is 3. The van der Waals surface area contributed by atoms with Crippen molar-refractivity contribution in [1.29, 1.82) is 0 Å². The first-order valence-electron chi connectivity index (χ1n) is 8.64. The number of benzene rings is 2. The number of aryl methyl sites for hydroxylation is 1. The minimum Gasteiger partial charge on any atom is -0.454 e. The SMILES string of the molecule is Cc1ccc(C(NC(=O)/C=C/c2ccc3c(c2)OCO3)C2CC2)cc1. The van der Waals surface area contributed by atoms with Gasteiger partial charge in [-0.05, 0) is 55.0 Å². The highest BCUT2D eigenvalue weighted by molar-refractivity contribution is 5.92. The first-order valence-corrected chi connectivity index (χ1v) is 8.64. The van der Waals surface area contributed by atoms with Crippen LogP contribution in [0.25, 0.3) is 6.08 Å². The molecule has 0 saturated heterocycles. The zero-order valence-corrected chi connectivity index (χ0v) is 14.2. The second kappa shape index (κ2) is 6.63. The van der Waals surface area contributed by atoms with Gasteiger partial charge in [-0.3, -0.25) is 4.79 Å². The fourth-order valence-electron chi connectivity index (χ4n) is 3.07. The van der Waals surface area contributed by atoms with Gasteiger partial charge in [0.15, 0.2) is 11.5 Å². The van der Waals surface area contributed by atoms with Gasteiger partial charge in [-0.15, -0.1) is 0 Å². The summed E-state index contributed by atoms with van der Waals surface area (Å²) >= 11 is 0. The lowest BCUT2D eigenvalue weighted by molar-refractivity contribution is -0.117. The third-order valence-corrected chi connectivity index (χ3v) is 4.65. The van der Waals surface area contributed by atoms with Crippen molar-refractivity contribution < 1.29 is 14.3 Å². The second-order valence-electron chi connectivity index (χ2n) is 6.68. The molecule has 1 unspecified atom stereocenters. The second-order valence-corrected chi connectivity index (χ2v) is 6.68. The number of nitrogens with one attached hydrogen (secondary N) is 1. The van der Waals surface area contributed by atoms with E-state index in [9.17, 15) is 4.79 Å². The molecular weight excluding hydrogens is 314 g/mol. The van der Waals surface area contributed by atoms with Crippen LogP contribution in [0.5, 0.6) is 11.5 Å². The van der Waals surface area contributed by atoms with E-state index in [1.54, 1.807) is 12.2 Å². The zero-order valence-electron chi connectivity index (χ0n) is 14.2. The van der Waals surface area contributed by atoms with Crippen LogP contribution in [0, 0.1) is 12.8 Å². The number of carbonyl (C=O) groups excluding carboxylic acids is 1. The van der Waals surface area contributed by atoms with E-state index in [0.29, 0.717) is 5.92 Å². The lowest BCUT2D eigenvalue weighted by atomic mass is 10.0. The molecule has 4 nitrogen and oxygen atoms in total. The van der Waals surface area contributed by atoms with E-state index in [2.05, 4.69) is 36.5 Å². The maximum atomic E-state index is 12.4. The smallest absolute Gasteiger partial charge is 0.244 e. The molecule has 1 N–H and O–H groups in total. The van der Waals surface area contributed by atoms with Crippen molar-refractivity contribution in [3.8, 4) is 11.5 Å². The fraction of sp³-hybridized carbons (Fsp3) is 0.286. The Morgan fingerprint density at radius 1 is 1.12 bits per heavy atom. The first kappa shape index (κ1) is 15.8. The van der Waals surface area contributed by atoms with Crippen LogP contribution < -0.4 is 14.8 Å². The molecular formula is C21H21NO3. The van der Waals surface area contributed by atoms with Gasteiger partial charge in [-0.25, -0.2) is 0 Å². The molecule has 2 aromatic carbocycles. The summed E-state index contributed by atoms with van der Waals surface area (Å²) in [6, 6.07) is 14.2. The van der Waals surface area contributed by atoms with Crippen molar-refractivity contribution in [1.82, 2.24) is 5.32 Å². The van der Waals surface area contributed by atoms with Crippen LogP contribution in [-0.4, -0.2) is 12.7 Å². The lowest BCUT2D eigenvalue weighted by Gasteiger charge is -2.18. The number of amides is 1. The highest BCUT2D eigenvalue weighted by Gasteiger charge is 2.33. The predicted molar refractivity (Wildman–Crippen MR) is 96.4 cm³/mol. The van der Waals surface area contributed by atoms with Crippen molar-refractivity contribution in [2.24, 2.45) is 5.92 Å². The van der Waals surface area contributed by atoms with Gasteiger partial charge in [0.25, 0.3) is 0 Å². The van der Waals surface area contributed by atoms with Gasteiger partial charge in [-0.2, -0.15) is 0 Å². The molecule has 1 amide bonds. The Labute approximate surface area is 147 Å². The molecule has 0 bridgehead atoms. The molecule has 1 atom stereocenters. The normalized spacial score (nSPS) is 16.8. The average Bonchev–Trinajstić information content (AvgIpc) is 3.35. The molecule has 1 heterocycles. The van der Waals surface area contributed by atoms with E-state index >= 15 is 0 Å². The van der Waals surface area contributed by atoms with Crippen LogP contribution >= 0.6 is 0 Å². The summed E-state index contributed by atoms with van der Waals surface area (Å²) in [7, 11) is 0. The standard InChI is InChI=1S/C21H21NO3/c1-14-2-6-16(7-3-14)21(17-8-9-17)22-20(23)11-5-15-4-10-18-19(12-15)25-13-24-18/h2-7,10-12,17,21H,8-9,13H2,1H3,(H,22,23)/b11-5+. The zero-order chi connectivity index (χ0) is 17.2. The summed E-state index contributed by atoms with van der Waals surface area (Å²) in [6.07, 6.45) is 5.73. The van der Waals surface area contributed by atoms with Crippen molar-refractivity contribution in [3.05, 3.63) is 65.2 Å². The molecule has 128 valence electrons. The van der Waals surface area contributed by atoms with Gasteiger partial charge >= 0.3 is 0 Å². The molecule has 2 aromatic rings. The van der Waals surface area contributed by atoms with Gasteiger partial charge in [0.2, 0.25) is 12.7 Å². The topological polar surface area (TPSA) is 47.6 Å². The molecule has 0 radical (unpaired) electrons. The molecule has 1 aliphatic carbocycles. The van der Waals surface area contributed by atoms with E-state index in [0.717, 1.165) is 17.1 Å². The molecule has 4 heteroatoms. The van der Waals surface area contributed by atoms with Crippen LogP contribution in [0.15, 0.2) is 48.5 Å². The Morgan fingerprint density at radius 2 is 1.88 bits per heavy atom. The molecule has 2 aliphatic rings. The Balaban J connectivity index is 1.44. The number of ether oxygens (including phenoxy) is 2. The van der Waals surface area contributed by atoms with E-state index in [1.165, 1.54) is 24.0 Å². The van der Waals surface area contributed by atoms with Gasteiger partial charge in [-0.1, -0.05) is 35.9 Å². The Kier molecular flexibility index (Phi) is 4.18. The largest absolute Gasteiger partial charge is 0.454 e. The summed E-state index contributed by atoms with van der Waals surface area (Å²) in [5, 5.41) is 3.16. The maximum absolute atomic E-state index is 12.4. The Morgan fingerprint density at radius 3 is 2.64 bits per heavy atom. The molecule has 25 heavy (non-hydrogen) atoms. The Hall–Kier alpha value is -2.75. The van der Waals surface area contributed by atoms with E-state index in [-0.39, 0.29) is 18.7 Å². The highest BCUT2D eigenvalue weighted by Crippen LogP contribution is 2.41. The number of hydrogen-bond donors (Lipinski definition) is 1. The summed E-state index contributed by atoms with van der Waals surface area (Å²) in [5.41, 5.74) is 3.32. The third kappa shape index (κ3) is 3.68. The van der Waals surface area contributed by atoms with E-state index in [4.69, 9.17) is 9.47 Å². The monoisotopic (exact) mass is 335 g/mol. The van der Waals surface area contributed by atoms with E-state index in [1.807, 2.05) is 18.2 Å². The molecule has 0 aromatic heterocycles. The van der Waals surface area contributed by atoms with Gasteiger partial charge in [0, 0.05) is 6.08 Å². The Bertz CT molecular complexity index is 806. The fourth-order valence-corrected chi connectivity index (χ4v) is 3.07. The van der Waals surface area contributed by atoms with Crippen molar-refractivity contribution in [2.75, 3.05) is 6.79 Å². The minimum atomic E-state index is -0.0739. The predicted octanol–water partition coefficient (Wildman–Crippen LogP) is 4.00. The van der Waals surface area contributed by atoms with Gasteiger partial charge < -0.3 is 14.8 Å². The minimum absolute atomic E-state index is 0.0739. The summed E-state index contributed by atoms with van der Waals surface area (Å²) in [6.45, 7) is 2.32. The molecule has 4 rings (SSSR count). The summed E-state index contributed by atoms with van der Waals surface area (Å²) in [4.78, 5) is 12.4. The summed E-state index contributed by atoms with van der Waals surface area (Å²) in [5.74, 6) is 1.94. The van der Waals surface area contributed by atoms with Crippen molar-refractivity contribution in [3.63, 3.8) is 0 Å². The van der Waals surface area contributed by atoms with Crippen LogP contribution in [0.2, 0.25) is 0 Å². The number of carbonyl (C=O) groups is 1. The van der Waals surface area contributed by atoms with Crippen molar-refractivity contribution >= 4 is 12.0 Å². The van der Waals surface area contributed by atoms with Gasteiger partial charge in [0.05, 0.1) is 6.04 Å². The average molecular weight is 335 g/mol. The quantitative estimate of drug-likeness (QED) is 0.840. The third-order valence-electron chi connectivity index (χ3n) is 4.65. The van der Waals surface area contributed by atoms with Crippen LogP contribution in [-0.2, 0) is 4.79 Å². The van der Waals surface area contributed by atoms with Crippen molar-refractivity contribution in [2.45, 2.75) is 25.8 Å². The number of rotatable bonds is 5.